The first-order chi connectivity index (χ1) is 10.1. The molecule has 0 spiro atoms. The number of halogens is 2. The Morgan fingerprint density at radius 3 is 2.43 bits per heavy atom. The third-order valence-electron chi connectivity index (χ3n) is 3.40. The van der Waals surface area contributed by atoms with Crippen molar-refractivity contribution in [2.24, 2.45) is 0 Å². The summed E-state index contributed by atoms with van der Waals surface area (Å²) in [6.45, 7) is 3.06. The summed E-state index contributed by atoms with van der Waals surface area (Å²) in [5.74, 6) is 0.888. The smallest absolute Gasteiger partial charge is 0.119 e. The third-order valence-corrected chi connectivity index (χ3v) is 4.70. The first-order valence-electron chi connectivity index (χ1n) is 6.95. The van der Waals surface area contributed by atoms with Crippen LogP contribution in [0.15, 0.2) is 51.4 Å². The van der Waals surface area contributed by atoms with Crippen molar-refractivity contribution >= 4 is 31.9 Å². The molecule has 0 saturated carbocycles. The standard InChI is InChI=1S/C17H19Br2NO/c1-3-20-17(12-4-6-14(18)7-5-12)11-13-10-15(21-2)8-9-16(13)19/h4-10,17,20H,3,11H2,1-2H3. The van der Waals surface area contributed by atoms with Gasteiger partial charge in [0.1, 0.15) is 5.75 Å². The summed E-state index contributed by atoms with van der Waals surface area (Å²) in [4.78, 5) is 0. The number of likely N-dealkylation sites (N-methyl/N-ethyl adjacent to an activating group) is 1. The predicted molar refractivity (Wildman–Crippen MR) is 95.0 cm³/mol. The number of methoxy groups -OCH3 is 1. The maximum absolute atomic E-state index is 5.33. The maximum Gasteiger partial charge on any atom is 0.119 e. The molecule has 0 aliphatic rings. The normalized spacial score (nSPS) is 12.2. The second-order valence-corrected chi connectivity index (χ2v) is 6.59. The molecule has 112 valence electrons. The van der Waals surface area contributed by atoms with Crippen LogP contribution in [-0.2, 0) is 6.42 Å². The fourth-order valence-electron chi connectivity index (χ4n) is 2.30. The fourth-order valence-corrected chi connectivity index (χ4v) is 2.98. The third kappa shape index (κ3) is 4.56. The molecule has 0 aromatic heterocycles. The van der Waals surface area contributed by atoms with Crippen molar-refractivity contribution < 1.29 is 4.74 Å². The van der Waals surface area contributed by atoms with Crippen molar-refractivity contribution in [3.8, 4) is 5.75 Å². The Morgan fingerprint density at radius 2 is 1.81 bits per heavy atom. The highest BCUT2D eigenvalue weighted by Gasteiger charge is 2.13. The molecule has 0 radical (unpaired) electrons. The van der Waals surface area contributed by atoms with Crippen LogP contribution in [0.4, 0.5) is 0 Å². The van der Waals surface area contributed by atoms with Crippen LogP contribution in [-0.4, -0.2) is 13.7 Å². The molecule has 0 aliphatic heterocycles. The van der Waals surface area contributed by atoms with Crippen molar-refractivity contribution in [2.45, 2.75) is 19.4 Å². The number of benzene rings is 2. The van der Waals surface area contributed by atoms with Crippen molar-refractivity contribution in [1.82, 2.24) is 5.32 Å². The molecule has 1 unspecified atom stereocenters. The average Bonchev–Trinajstić information content (AvgIpc) is 2.49. The Morgan fingerprint density at radius 1 is 1.10 bits per heavy atom. The number of ether oxygens (including phenoxy) is 1. The molecule has 0 amide bonds. The Kier molecular flexibility index (Phi) is 6.27. The molecule has 2 aromatic carbocycles. The van der Waals surface area contributed by atoms with Gasteiger partial charge in [-0.25, -0.2) is 0 Å². The Labute approximate surface area is 143 Å². The van der Waals surface area contributed by atoms with Gasteiger partial charge in [0.2, 0.25) is 0 Å². The Hall–Kier alpha value is -0.840. The van der Waals surface area contributed by atoms with Gasteiger partial charge in [-0.15, -0.1) is 0 Å². The topological polar surface area (TPSA) is 21.3 Å². The summed E-state index contributed by atoms with van der Waals surface area (Å²) in [5, 5.41) is 3.55. The molecule has 0 aliphatic carbocycles. The zero-order valence-corrected chi connectivity index (χ0v) is 15.4. The molecule has 0 fully saturated rings. The number of hydrogen-bond donors (Lipinski definition) is 1. The van der Waals surface area contributed by atoms with Gasteiger partial charge >= 0.3 is 0 Å². The van der Waals surface area contributed by atoms with Crippen LogP contribution in [0.25, 0.3) is 0 Å². The van der Waals surface area contributed by atoms with E-state index in [2.05, 4.69) is 74.4 Å². The average molecular weight is 413 g/mol. The largest absolute Gasteiger partial charge is 0.497 e. The van der Waals surface area contributed by atoms with E-state index in [9.17, 15) is 0 Å². The quantitative estimate of drug-likeness (QED) is 0.711. The van der Waals surface area contributed by atoms with Crippen LogP contribution in [0, 0.1) is 0 Å². The van der Waals surface area contributed by atoms with Crippen LogP contribution < -0.4 is 10.1 Å². The van der Waals surface area contributed by atoms with E-state index in [1.165, 1.54) is 11.1 Å². The maximum atomic E-state index is 5.33. The van der Waals surface area contributed by atoms with E-state index >= 15 is 0 Å². The van der Waals surface area contributed by atoms with E-state index < -0.39 is 0 Å². The lowest BCUT2D eigenvalue weighted by molar-refractivity contribution is 0.413. The van der Waals surface area contributed by atoms with Crippen molar-refractivity contribution in [3.05, 3.63) is 62.5 Å². The molecule has 2 rings (SSSR count). The van der Waals surface area contributed by atoms with Crippen LogP contribution in [0.1, 0.15) is 24.1 Å². The Balaban J connectivity index is 2.25. The van der Waals surface area contributed by atoms with Crippen molar-refractivity contribution in [3.63, 3.8) is 0 Å². The number of nitrogens with one attached hydrogen (secondary N) is 1. The lowest BCUT2D eigenvalue weighted by atomic mass is 9.98. The zero-order valence-electron chi connectivity index (χ0n) is 12.2. The van der Waals surface area contributed by atoms with Gasteiger partial charge in [0.15, 0.2) is 0 Å². The minimum Gasteiger partial charge on any atom is -0.497 e. The second kappa shape index (κ2) is 7.97. The van der Waals surface area contributed by atoms with Gasteiger partial charge in [-0.2, -0.15) is 0 Å². The summed E-state index contributed by atoms with van der Waals surface area (Å²) in [5.41, 5.74) is 2.53. The molecule has 0 saturated heterocycles. The lowest BCUT2D eigenvalue weighted by Crippen LogP contribution is -2.23. The van der Waals surface area contributed by atoms with Crippen LogP contribution in [0.5, 0.6) is 5.75 Å². The second-order valence-electron chi connectivity index (χ2n) is 4.82. The number of rotatable bonds is 6. The highest BCUT2D eigenvalue weighted by Crippen LogP contribution is 2.28. The summed E-state index contributed by atoms with van der Waals surface area (Å²) >= 11 is 7.12. The van der Waals surface area contributed by atoms with E-state index in [1.807, 2.05) is 12.1 Å². The molecule has 2 aromatic rings. The van der Waals surface area contributed by atoms with Crippen LogP contribution >= 0.6 is 31.9 Å². The van der Waals surface area contributed by atoms with Gasteiger partial charge in [0, 0.05) is 15.0 Å². The highest BCUT2D eigenvalue weighted by molar-refractivity contribution is 9.10. The first kappa shape index (κ1) is 16.5. The Bertz CT molecular complexity index is 584. The van der Waals surface area contributed by atoms with Gasteiger partial charge < -0.3 is 10.1 Å². The van der Waals surface area contributed by atoms with Crippen LogP contribution in [0.3, 0.4) is 0 Å². The molecule has 1 N–H and O–H groups in total. The molecule has 2 nitrogen and oxygen atoms in total. The van der Waals surface area contributed by atoms with E-state index in [0.29, 0.717) is 0 Å². The lowest BCUT2D eigenvalue weighted by Gasteiger charge is -2.20. The first-order valence-corrected chi connectivity index (χ1v) is 8.54. The summed E-state index contributed by atoms with van der Waals surface area (Å²) in [7, 11) is 1.70. The van der Waals surface area contributed by atoms with E-state index in [1.54, 1.807) is 7.11 Å². The molecule has 1 atom stereocenters. The van der Waals surface area contributed by atoms with E-state index in [0.717, 1.165) is 27.7 Å². The highest BCUT2D eigenvalue weighted by atomic mass is 79.9. The molecular weight excluding hydrogens is 394 g/mol. The SMILES string of the molecule is CCNC(Cc1cc(OC)ccc1Br)c1ccc(Br)cc1. The molecule has 0 bridgehead atoms. The minimum absolute atomic E-state index is 0.284. The van der Waals surface area contributed by atoms with Gasteiger partial charge in [-0.1, -0.05) is 50.9 Å². The summed E-state index contributed by atoms with van der Waals surface area (Å²) < 4.78 is 7.54. The zero-order chi connectivity index (χ0) is 15.2. The van der Waals surface area contributed by atoms with Gasteiger partial charge in [0.25, 0.3) is 0 Å². The van der Waals surface area contributed by atoms with Crippen molar-refractivity contribution in [1.29, 1.82) is 0 Å². The molecule has 4 heteroatoms. The molecule has 0 heterocycles. The fraction of sp³-hybridized carbons (Fsp3) is 0.294. The van der Waals surface area contributed by atoms with E-state index in [-0.39, 0.29) is 6.04 Å². The monoisotopic (exact) mass is 411 g/mol. The summed E-state index contributed by atoms with van der Waals surface area (Å²) in [6.07, 6.45) is 0.910. The minimum atomic E-state index is 0.284. The molecular formula is C17H19Br2NO. The van der Waals surface area contributed by atoms with E-state index in [4.69, 9.17) is 4.74 Å². The van der Waals surface area contributed by atoms with Gasteiger partial charge in [-0.3, -0.25) is 0 Å². The number of hydrogen-bond acceptors (Lipinski definition) is 2. The van der Waals surface area contributed by atoms with Crippen molar-refractivity contribution in [2.75, 3.05) is 13.7 Å². The van der Waals surface area contributed by atoms with Gasteiger partial charge in [-0.05, 0) is 54.4 Å². The summed E-state index contributed by atoms with van der Waals surface area (Å²) in [6, 6.07) is 14.9. The molecule has 21 heavy (non-hydrogen) atoms. The van der Waals surface area contributed by atoms with Gasteiger partial charge in [0.05, 0.1) is 7.11 Å². The predicted octanol–water partition coefficient (Wildman–Crippen LogP) is 5.11. The van der Waals surface area contributed by atoms with Crippen LogP contribution in [0.2, 0.25) is 0 Å².